The van der Waals surface area contributed by atoms with Gasteiger partial charge in [-0.25, -0.2) is 0 Å². The average molecular weight is 480 g/mol. The molecular formula is C27H35N4O4+. The van der Waals surface area contributed by atoms with Gasteiger partial charge >= 0.3 is 11.6 Å². The Morgan fingerprint density at radius 1 is 1.23 bits per heavy atom. The van der Waals surface area contributed by atoms with E-state index < -0.39 is 11.5 Å². The highest BCUT2D eigenvalue weighted by atomic mass is 16.5. The van der Waals surface area contributed by atoms with Crippen molar-refractivity contribution in [3.8, 4) is 5.75 Å². The van der Waals surface area contributed by atoms with Crippen molar-refractivity contribution in [2.24, 2.45) is 10.9 Å². The topological polar surface area (TPSA) is 121 Å². The Morgan fingerprint density at radius 3 is 2.66 bits per heavy atom. The van der Waals surface area contributed by atoms with Crippen molar-refractivity contribution >= 4 is 23.5 Å². The van der Waals surface area contributed by atoms with E-state index >= 15 is 0 Å². The molecule has 1 aromatic heterocycles. The van der Waals surface area contributed by atoms with E-state index in [1.807, 2.05) is 13.0 Å². The lowest BCUT2D eigenvalue weighted by atomic mass is 9.84. The summed E-state index contributed by atoms with van der Waals surface area (Å²) in [6, 6.07) is 8.90. The first-order valence-corrected chi connectivity index (χ1v) is 12.7. The van der Waals surface area contributed by atoms with Gasteiger partial charge < -0.3 is 20.9 Å². The standard InChI is InChI=1S/C27H34N4O4/c1-27(33)11-9-20(10-12-27)29-15-19-13-22(25(14-21(19)28)35-16-17-5-6-17)30-26(32)24-4-2-3-23(31(24)34)18-7-8-18/h2-4,13-15,17-18,20,28,32-34H,5-12,16H2,1H3/p+1. The lowest BCUT2D eigenvalue weighted by Gasteiger charge is -2.31. The van der Waals surface area contributed by atoms with Crippen molar-refractivity contribution in [2.75, 3.05) is 17.7 Å². The number of benzene rings is 1. The second kappa shape index (κ2) is 9.49. The summed E-state index contributed by atoms with van der Waals surface area (Å²) in [6.07, 6.45) is 9.17. The number of amides is 1. The van der Waals surface area contributed by atoms with Gasteiger partial charge in [-0.1, -0.05) is 0 Å². The highest BCUT2D eigenvalue weighted by Crippen LogP contribution is 2.38. The predicted molar refractivity (Wildman–Crippen MR) is 133 cm³/mol. The molecule has 8 heteroatoms. The van der Waals surface area contributed by atoms with Crippen molar-refractivity contribution < 1.29 is 24.6 Å². The fourth-order valence-corrected chi connectivity index (χ4v) is 4.56. The number of carbonyl (C=O) groups excluding carboxylic acids is 1. The van der Waals surface area contributed by atoms with Crippen LogP contribution in [0.4, 0.5) is 11.4 Å². The Kier molecular flexibility index (Phi) is 6.40. The number of rotatable bonds is 8. The van der Waals surface area contributed by atoms with Crippen LogP contribution in [-0.2, 0) is 0 Å². The third-order valence-corrected chi connectivity index (χ3v) is 7.28. The van der Waals surface area contributed by atoms with Crippen molar-refractivity contribution in [3.63, 3.8) is 0 Å². The number of hydrogen-bond donors (Lipinski definition) is 4. The predicted octanol–water partition coefficient (Wildman–Crippen LogP) is 3.82. The molecule has 0 unspecified atom stereocenters. The monoisotopic (exact) mass is 479 g/mol. The van der Waals surface area contributed by atoms with Crippen molar-refractivity contribution in [3.05, 3.63) is 47.3 Å². The summed E-state index contributed by atoms with van der Waals surface area (Å²) in [7, 11) is 0. The van der Waals surface area contributed by atoms with E-state index in [0.29, 0.717) is 41.1 Å². The molecule has 3 aliphatic rings. The van der Waals surface area contributed by atoms with E-state index in [2.05, 4.69) is 5.32 Å². The maximum absolute atomic E-state index is 13.2. The Labute approximate surface area is 205 Å². The molecule has 0 atom stereocenters. The van der Waals surface area contributed by atoms with Crippen LogP contribution < -0.4 is 20.5 Å². The number of ether oxygens (including phenoxy) is 1. The SMILES string of the molecule is CC1(O)CCC(N=Cc2cc(NC(=O)c3cccc(C4CC4)[n+]3O)c(OCC3CC3)cc2N)CC1. The van der Waals surface area contributed by atoms with Crippen molar-refractivity contribution in [2.45, 2.75) is 75.9 Å². The summed E-state index contributed by atoms with van der Waals surface area (Å²) in [5.41, 5.74) is 8.35. The minimum atomic E-state index is -0.608. The number of pyridine rings is 1. The van der Waals surface area contributed by atoms with E-state index in [9.17, 15) is 15.1 Å². The lowest BCUT2D eigenvalue weighted by molar-refractivity contribution is -0.910. The Morgan fingerprint density at radius 2 is 1.97 bits per heavy atom. The molecule has 3 aliphatic carbocycles. The van der Waals surface area contributed by atoms with Gasteiger partial charge in [0.1, 0.15) is 5.75 Å². The molecule has 3 saturated carbocycles. The fraction of sp³-hybridized carbons (Fsp3) is 0.519. The maximum Gasteiger partial charge on any atom is 0.325 e. The molecule has 0 aliphatic heterocycles. The van der Waals surface area contributed by atoms with Crippen LogP contribution >= 0.6 is 0 Å². The van der Waals surface area contributed by atoms with Crippen LogP contribution in [0, 0.1) is 5.92 Å². The van der Waals surface area contributed by atoms with Gasteiger partial charge in [-0.15, -0.1) is 0 Å². The van der Waals surface area contributed by atoms with Crippen molar-refractivity contribution in [1.82, 2.24) is 0 Å². The van der Waals surface area contributed by atoms with Gasteiger partial charge in [0.15, 0.2) is 0 Å². The van der Waals surface area contributed by atoms with Crippen LogP contribution in [-0.4, -0.2) is 40.7 Å². The third-order valence-electron chi connectivity index (χ3n) is 7.28. The van der Waals surface area contributed by atoms with E-state index in [1.54, 1.807) is 30.5 Å². The van der Waals surface area contributed by atoms with Crippen LogP contribution in [0.1, 0.15) is 86.0 Å². The minimum Gasteiger partial charge on any atom is -0.491 e. The van der Waals surface area contributed by atoms with Gasteiger partial charge in [0.05, 0.1) is 23.9 Å². The first-order valence-electron chi connectivity index (χ1n) is 12.7. The molecule has 1 heterocycles. The average Bonchev–Trinajstić information content (AvgIpc) is 3.73. The van der Waals surface area contributed by atoms with Gasteiger partial charge in [0, 0.05) is 46.3 Å². The second-order valence-corrected chi connectivity index (χ2v) is 10.6. The molecule has 0 spiro atoms. The number of nitrogens with zero attached hydrogens (tertiary/aromatic N) is 2. The van der Waals surface area contributed by atoms with Gasteiger partial charge in [-0.3, -0.25) is 15.0 Å². The van der Waals surface area contributed by atoms with Crippen LogP contribution in [0.25, 0.3) is 0 Å². The van der Waals surface area contributed by atoms with Crippen LogP contribution in [0.5, 0.6) is 5.75 Å². The molecule has 186 valence electrons. The molecule has 5 N–H and O–H groups in total. The van der Waals surface area contributed by atoms with Crippen molar-refractivity contribution in [1.29, 1.82) is 0 Å². The van der Waals surface area contributed by atoms with Crippen LogP contribution in [0.3, 0.4) is 0 Å². The van der Waals surface area contributed by atoms with Gasteiger partial charge in [0.25, 0.3) is 0 Å². The van der Waals surface area contributed by atoms with Crippen LogP contribution in [0.15, 0.2) is 35.3 Å². The van der Waals surface area contributed by atoms with Gasteiger partial charge in [0.2, 0.25) is 5.69 Å². The molecule has 0 bridgehead atoms. The Bertz CT molecular complexity index is 1130. The van der Waals surface area contributed by atoms with Gasteiger partial charge in [-0.2, -0.15) is 0 Å². The summed E-state index contributed by atoms with van der Waals surface area (Å²) in [5.74, 6) is 0.928. The fourth-order valence-electron chi connectivity index (χ4n) is 4.56. The normalized spacial score (nSPS) is 24.5. The van der Waals surface area contributed by atoms with E-state index in [-0.39, 0.29) is 11.7 Å². The number of hydrogen-bond acceptors (Lipinski definition) is 6. The zero-order valence-electron chi connectivity index (χ0n) is 20.2. The number of carbonyl (C=O) groups is 1. The molecular weight excluding hydrogens is 444 g/mol. The molecule has 3 fully saturated rings. The third kappa shape index (κ3) is 5.75. The quantitative estimate of drug-likeness (QED) is 0.198. The summed E-state index contributed by atoms with van der Waals surface area (Å²) in [4.78, 5) is 17.9. The summed E-state index contributed by atoms with van der Waals surface area (Å²) < 4.78 is 7.01. The number of aliphatic imine (C=N–C) groups is 1. The highest BCUT2D eigenvalue weighted by molar-refractivity contribution is 6.04. The van der Waals surface area contributed by atoms with E-state index in [0.717, 1.165) is 61.8 Å². The summed E-state index contributed by atoms with van der Waals surface area (Å²) in [6.45, 7) is 2.45. The molecule has 1 aromatic carbocycles. The largest absolute Gasteiger partial charge is 0.491 e. The minimum absolute atomic E-state index is 0.136. The Hall–Kier alpha value is -3.13. The summed E-state index contributed by atoms with van der Waals surface area (Å²) in [5, 5.41) is 23.7. The van der Waals surface area contributed by atoms with E-state index in [1.165, 1.54) is 0 Å². The van der Waals surface area contributed by atoms with E-state index in [4.69, 9.17) is 15.5 Å². The zero-order valence-corrected chi connectivity index (χ0v) is 20.2. The molecule has 1 amide bonds. The Balaban J connectivity index is 1.38. The smallest absolute Gasteiger partial charge is 0.325 e. The maximum atomic E-state index is 13.2. The molecule has 5 rings (SSSR count). The highest BCUT2D eigenvalue weighted by Gasteiger charge is 2.36. The first-order chi connectivity index (χ1) is 16.8. The summed E-state index contributed by atoms with van der Waals surface area (Å²) >= 11 is 0. The zero-order chi connectivity index (χ0) is 24.6. The molecule has 35 heavy (non-hydrogen) atoms. The molecule has 8 nitrogen and oxygen atoms in total. The second-order valence-electron chi connectivity index (χ2n) is 10.6. The molecule has 0 radical (unpaired) electrons. The number of aromatic nitrogens is 1. The first kappa shape index (κ1) is 23.6. The number of aliphatic hydroxyl groups is 1. The number of anilines is 2. The lowest BCUT2D eigenvalue weighted by Crippen LogP contribution is -2.43. The van der Waals surface area contributed by atoms with Gasteiger partial charge in [-0.05, 0) is 76.3 Å². The number of nitrogens with one attached hydrogen (secondary N) is 1. The number of nitrogen functional groups attached to an aromatic ring is 1. The molecule has 2 aromatic rings. The van der Waals surface area contributed by atoms with Crippen LogP contribution in [0.2, 0.25) is 0 Å². The molecule has 0 saturated heterocycles. The number of nitrogens with two attached hydrogens (primary N) is 1.